The first-order chi connectivity index (χ1) is 11.1. The zero-order valence-electron chi connectivity index (χ0n) is 12.6. The number of carbonyl (C=O) groups excluding carboxylic acids is 2. The number of hydrogen-bond donors (Lipinski definition) is 2. The van der Waals surface area contributed by atoms with E-state index in [1.807, 2.05) is 18.2 Å². The number of fused-ring (bicyclic) bond motifs is 1. The average molecular weight is 333 g/mol. The minimum Gasteiger partial charge on any atom is -0.459 e. The second-order valence-corrected chi connectivity index (χ2v) is 5.99. The van der Waals surface area contributed by atoms with E-state index in [0.717, 1.165) is 29.0 Å². The second kappa shape index (κ2) is 6.46. The Kier molecular flexibility index (Phi) is 4.39. The van der Waals surface area contributed by atoms with Gasteiger partial charge in [-0.3, -0.25) is 9.59 Å². The molecule has 0 radical (unpaired) electrons. The molecule has 120 valence electrons. The van der Waals surface area contributed by atoms with E-state index in [4.69, 9.17) is 16.0 Å². The molecule has 2 aromatic rings. The van der Waals surface area contributed by atoms with Crippen LogP contribution in [-0.4, -0.2) is 17.9 Å². The smallest absolute Gasteiger partial charge is 0.287 e. The van der Waals surface area contributed by atoms with Gasteiger partial charge in [-0.05, 0) is 49.1 Å². The van der Waals surface area contributed by atoms with Gasteiger partial charge in [0, 0.05) is 5.02 Å². The Morgan fingerprint density at radius 1 is 1.30 bits per heavy atom. The summed E-state index contributed by atoms with van der Waals surface area (Å²) in [4.78, 5) is 24.2. The summed E-state index contributed by atoms with van der Waals surface area (Å²) in [5.74, 6) is -0.460. The maximum atomic E-state index is 12.3. The summed E-state index contributed by atoms with van der Waals surface area (Å²) in [6.07, 6.45) is 3.07. The van der Waals surface area contributed by atoms with Gasteiger partial charge < -0.3 is 15.1 Å². The largest absolute Gasteiger partial charge is 0.459 e. The monoisotopic (exact) mass is 332 g/mol. The topological polar surface area (TPSA) is 71.3 Å². The molecule has 1 aromatic carbocycles. The average Bonchev–Trinajstić information content (AvgIpc) is 3.18. The van der Waals surface area contributed by atoms with Crippen LogP contribution in [0.15, 0.2) is 41.0 Å². The molecule has 1 aromatic heterocycles. The van der Waals surface area contributed by atoms with Crippen LogP contribution in [0.5, 0.6) is 0 Å². The van der Waals surface area contributed by atoms with E-state index in [1.165, 1.54) is 6.26 Å². The van der Waals surface area contributed by atoms with Gasteiger partial charge in [0.25, 0.3) is 5.91 Å². The van der Waals surface area contributed by atoms with Crippen molar-refractivity contribution in [3.8, 4) is 0 Å². The molecule has 23 heavy (non-hydrogen) atoms. The van der Waals surface area contributed by atoms with Crippen LogP contribution in [0.4, 0.5) is 0 Å². The summed E-state index contributed by atoms with van der Waals surface area (Å²) in [5.41, 5.74) is 2.14. The zero-order valence-corrected chi connectivity index (χ0v) is 13.4. The molecule has 1 aliphatic carbocycles. The third kappa shape index (κ3) is 3.24. The standard InChI is InChI=1S/C17H17ClN2O3/c1-10(19-17(22)15-6-3-9-23-15)16(21)20-14-8-7-11-12(14)4-2-5-13(11)18/h2-6,9-10,14H,7-8H2,1H3,(H,19,22)(H,20,21). The quantitative estimate of drug-likeness (QED) is 0.904. The number of benzene rings is 1. The molecule has 0 bridgehead atoms. The third-order valence-corrected chi connectivity index (χ3v) is 4.37. The van der Waals surface area contributed by atoms with Crippen LogP contribution in [0, 0.1) is 0 Å². The van der Waals surface area contributed by atoms with E-state index < -0.39 is 11.9 Å². The summed E-state index contributed by atoms with van der Waals surface area (Å²) in [6.45, 7) is 1.64. The van der Waals surface area contributed by atoms with Gasteiger partial charge in [-0.15, -0.1) is 0 Å². The van der Waals surface area contributed by atoms with Crippen LogP contribution in [0.1, 0.15) is 41.1 Å². The molecule has 3 rings (SSSR count). The van der Waals surface area contributed by atoms with Crippen molar-refractivity contribution < 1.29 is 14.0 Å². The summed E-state index contributed by atoms with van der Waals surface area (Å²) in [5, 5.41) is 6.33. The van der Waals surface area contributed by atoms with E-state index >= 15 is 0 Å². The highest BCUT2D eigenvalue weighted by atomic mass is 35.5. The molecular weight excluding hydrogens is 316 g/mol. The van der Waals surface area contributed by atoms with Crippen molar-refractivity contribution in [3.63, 3.8) is 0 Å². The van der Waals surface area contributed by atoms with Gasteiger partial charge in [0.2, 0.25) is 5.91 Å². The van der Waals surface area contributed by atoms with Gasteiger partial charge in [0.15, 0.2) is 5.76 Å². The van der Waals surface area contributed by atoms with Crippen LogP contribution in [0.3, 0.4) is 0 Å². The Morgan fingerprint density at radius 3 is 2.87 bits per heavy atom. The summed E-state index contributed by atoms with van der Waals surface area (Å²) >= 11 is 6.18. The predicted molar refractivity (Wildman–Crippen MR) is 86.3 cm³/mol. The summed E-state index contributed by atoms with van der Waals surface area (Å²) in [7, 11) is 0. The first-order valence-electron chi connectivity index (χ1n) is 7.48. The third-order valence-electron chi connectivity index (χ3n) is 4.02. The van der Waals surface area contributed by atoms with Gasteiger partial charge >= 0.3 is 0 Å². The molecule has 0 saturated heterocycles. The van der Waals surface area contributed by atoms with Gasteiger partial charge in [-0.25, -0.2) is 0 Å². The predicted octanol–water partition coefficient (Wildman–Crippen LogP) is 2.86. The van der Waals surface area contributed by atoms with E-state index in [2.05, 4.69) is 10.6 Å². The Hall–Kier alpha value is -2.27. The van der Waals surface area contributed by atoms with Crippen molar-refractivity contribution in [1.82, 2.24) is 10.6 Å². The highest BCUT2D eigenvalue weighted by Crippen LogP contribution is 2.35. The van der Waals surface area contributed by atoms with E-state index in [-0.39, 0.29) is 17.7 Å². The molecule has 0 spiro atoms. The lowest BCUT2D eigenvalue weighted by molar-refractivity contribution is -0.123. The molecule has 2 unspecified atom stereocenters. The Labute approximate surface area is 139 Å². The minimum absolute atomic E-state index is 0.0702. The fourth-order valence-corrected chi connectivity index (χ4v) is 3.07. The number of amides is 2. The molecule has 6 heteroatoms. The molecule has 1 aliphatic rings. The number of nitrogens with one attached hydrogen (secondary N) is 2. The minimum atomic E-state index is -0.657. The van der Waals surface area contributed by atoms with Crippen molar-refractivity contribution >= 4 is 23.4 Å². The lowest BCUT2D eigenvalue weighted by atomic mass is 10.1. The zero-order chi connectivity index (χ0) is 16.4. The second-order valence-electron chi connectivity index (χ2n) is 5.58. The van der Waals surface area contributed by atoms with Crippen molar-refractivity contribution in [2.45, 2.75) is 31.8 Å². The number of hydrogen-bond acceptors (Lipinski definition) is 3. The van der Waals surface area contributed by atoms with Crippen LogP contribution >= 0.6 is 11.6 Å². The molecule has 2 amide bonds. The van der Waals surface area contributed by atoms with Crippen molar-refractivity contribution in [2.75, 3.05) is 0 Å². The first-order valence-corrected chi connectivity index (χ1v) is 7.86. The molecular formula is C17H17ClN2O3. The number of halogens is 1. The Morgan fingerprint density at radius 2 is 2.13 bits per heavy atom. The number of carbonyl (C=O) groups is 2. The lowest BCUT2D eigenvalue weighted by Gasteiger charge is -2.18. The number of furan rings is 1. The van der Waals surface area contributed by atoms with Crippen molar-refractivity contribution in [2.24, 2.45) is 0 Å². The Balaban J connectivity index is 1.62. The molecule has 0 fully saturated rings. The summed E-state index contributed by atoms with van der Waals surface area (Å²) < 4.78 is 5.01. The highest BCUT2D eigenvalue weighted by Gasteiger charge is 2.27. The first kappa shape index (κ1) is 15.6. The maximum Gasteiger partial charge on any atom is 0.287 e. The van der Waals surface area contributed by atoms with E-state index in [0.29, 0.717) is 0 Å². The fraction of sp³-hybridized carbons (Fsp3) is 0.294. The molecule has 5 nitrogen and oxygen atoms in total. The Bertz CT molecular complexity index is 727. The molecule has 0 saturated carbocycles. The van der Waals surface area contributed by atoms with Crippen LogP contribution in [0.2, 0.25) is 5.02 Å². The van der Waals surface area contributed by atoms with Gasteiger partial charge in [0.05, 0.1) is 12.3 Å². The molecule has 2 atom stereocenters. The van der Waals surface area contributed by atoms with E-state index in [9.17, 15) is 9.59 Å². The highest BCUT2D eigenvalue weighted by molar-refractivity contribution is 6.31. The number of rotatable bonds is 4. The van der Waals surface area contributed by atoms with Gasteiger partial charge in [0.1, 0.15) is 6.04 Å². The lowest BCUT2D eigenvalue weighted by Crippen LogP contribution is -2.45. The van der Waals surface area contributed by atoms with Crippen molar-refractivity contribution in [1.29, 1.82) is 0 Å². The van der Waals surface area contributed by atoms with Crippen molar-refractivity contribution in [3.05, 3.63) is 58.5 Å². The van der Waals surface area contributed by atoms with Crippen LogP contribution in [-0.2, 0) is 11.2 Å². The normalized spacial score (nSPS) is 17.4. The van der Waals surface area contributed by atoms with E-state index in [1.54, 1.807) is 19.1 Å². The maximum absolute atomic E-state index is 12.3. The van der Waals surface area contributed by atoms with Gasteiger partial charge in [-0.2, -0.15) is 0 Å². The molecule has 0 aliphatic heterocycles. The SMILES string of the molecule is CC(NC(=O)c1ccco1)C(=O)NC1CCc2c(Cl)cccc21. The molecule has 2 N–H and O–H groups in total. The molecule has 1 heterocycles. The van der Waals surface area contributed by atoms with Crippen LogP contribution in [0.25, 0.3) is 0 Å². The fourth-order valence-electron chi connectivity index (χ4n) is 2.80. The van der Waals surface area contributed by atoms with Gasteiger partial charge in [-0.1, -0.05) is 23.7 Å². The van der Waals surface area contributed by atoms with Crippen LogP contribution < -0.4 is 10.6 Å². The summed E-state index contributed by atoms with van der Waals surface area (Å²) in [6, 6.07) is 8.17.